The summed E-state index contributed by atoms with van der Waals surface area (Å²) in [6.07, 6.45) is 37.6. The van der Waals surface area contributed by atoms with Gasteiger partial charge in [0, 0.05) is 25.6 Å². The molecule has 4 fully saturated rings. The smallest absolute Gasteiger partial charge is 0.0645 e. The molecule has 9 unspecified atom stereocenters. The highest BCUT2D eigenvalue weighted by atomic mass is 16.5. The molecule has 0 radical (unpaired) electrons. The van der Waals surface area contributed by atoms with Gasteiger partial charge in [-0.1, -0.05) is 136 Å². The molecule has 4 aliphatic carbocycles. The topological polar surface area (TPSA) is 18.5 Å². The summed E-state index contributed by atoms with van der Waals surface area (Å²) in [4.78, 5) is 0. The number of unbranched alkanes of at least 4 members (excludes halogenated alkanes) is 1. The molecule has 0 bridgehead atoms. The predicted molar refractivity (Wildman–Crippen MR) is 194 cm³/mol. The molecule has 0 heterocycles. The van der Waals surface area contributed by atoms with Gasteiger partial charge in [-0.15, -0.1) is 0 Å². The standard InChI is InChI=1S/C43H74O2/c1-8-10-17-35(9-2)30-45-43-29-38(42(44-7)28-39(43)24-22-36-18-13-11-14-19-36)25-27-41-33(5)31(3)40(32(4)34(41)6)26-23-37-20-15-12-16-21-37/h22-27,31-43H,8-21,28-30H2,1-7H3/b24-22+,26-23+,27-25+. The zero-order valence-electron chi connectivity index (χ0n) is 30.8. The highest BCUT2D eigenvalue weighted by Crippen LogP contribution is 2.48. The third kappa shape index (κ3) is 10.6. The third-order valence-corrected chi connectivity index (χ3v) is 13.6. The van der Waals surface area contributed by atoms with Crippen molar-refractivity contribution < 1.29 is 9.47 Å². The average Bonchev–Trinajstić information content (AvgIpc) is 3.07. The molecule has 0 amide bonds. The quantitative estimate of drug-likeness (QED) is 0.179. The zero-order chi connectivity index (χ0) is 32.2. The summed E-state index contributed by atoms with van der Waals surface area (Å²) in [5, 5.41) is 0. The number of allylic oxidation sites excluding steroid dienone is 4. The van der Waals surface area contributed by atoms with E-state index in [0.717, 1.165) is 43.1 Å². The second kappa shape index (κ2) is 19.2. The Balaban J connectivity index is 1.44. The van der Waals surface area contributed by atoms with Crippen LogP contribution in [0.2, 0.25) is 0 Å². The first-order valence-electron chi connectivity index (χ1n) is 20.0. The highest BCUT2D eigenvalue weighted by Gasteiger charge is 2.42. The molecule has 45 heavy (non-hydrogen) atoms. The Labute approximate surface area is 280 Å². The van der Waals surface area contributed by atoms with Gasteiger partial charge in [0.05, 0.1) is 12.2 Å². The molecule has 2 heteroatoms. The van der Waals surface area contributed by atoms with Crippen molar-refractivity contribution in [3.05, 3.63) is 36.5 Å². The first-order valence-corrected chi connectivity index (χ1v) is 20.0. The fourth-order valence-electron chi connectivity index (χ4n) is 9.79. The molecular formula is C43H74O2. The minimum absolute atomic E-state index is 0.277. The van der Waals surface area contributed by atoms with Gasteiger partial charge >= 0.3 is 0 Å². The van der Waals surface area contributed by atoms with Gasteiger partial charge in [0.2, 0.25) is 0 Å². The normalized spacial score (nSPS) is 38.5. The first kappa shape index (κ1) is 37.0. The van der Waals surface area contributed by atoms with Crippen LogP contribution in [0.1, 0.15) is 144 Å². The first-order chi connectivity index (χ1) is 21.9. The van der Waals surface area contributed by atoms with Gasteiger partial charge in [-0.25, -0.2) is 0 Å². The lowest BCUT2D eigenvalue weighted by molar-refractivity contribution is -0.0685. The number of hydrogen-bond acceptors (Lipinski definition) is 2. The molecule has 4 saturated carbocycles. The fraction of sp³-hybridized carbons (Fsp3) is 0.860. The van der Waals surface area contributed by atoms with Crippen molar-refractivity contribution in [2.75, 3.05) is 13.7 Å². The third-order valence-electron chi connectivity index (χ3n) is 13.6. The predicted octanol–water partition coefficient (Wildman–Crippen LogP) is 12.2. The number of hydrogen-bond donors (Lipinski definition) is 0. The maximum atomic E-state index is 6.92. The van der Waals surface area contributed by atoms with Crippen LogP contribution in [0.15, 0.2) is 36.5 Å². The zero-order valence-corrected chi connectivity index (χ0v) is 30.8. The van der Waals surface area contributed by atoms with Crippen LogP contribution < -0.4 is 0 Å². The van der Waals surface area contributed by atoms with E-state index in [0.29, 0.717) is 47.5 Å². The maximum Gasteiger partial charge on any atom is 0.0645 e. The Morgan fingerprint density at radius 1 is 0.600 bits per heavy atom. The highest BCUT2D eigenvalue weighted by molar-refractivity contribution is 5.10. The number of rotatable bonds is 14. The largest absolute Gasteiger partial charge is 0.381 e. The molecule has 9 atom stereocenters. The van der Waals surface area contributed by atoms with E-state index in [9.17, 15) is 0 Å². The van der Waals surface area contributed by atoms with Crippen molar-refractivity contribution in [3.8, 4) is 0 Å². The number of methoxy groups -OCH3 is 1. The summed E-state index contributed by atoms with van der Waals surface area (Å²) < 4.78 is 13.2. The Morgan fingerprint density at radius 3 is 1.58 bits per heavy atom. The van der Waals surface area contributed by atoms with Crippen molar-refractivity contribution in [2.45, 2.75) is 156 Å². The van der Waals surface area contributed by atoms with Gasteiger partial charge in [-0.2, -0.15) is 0 Å². The van der Waals surface area contributed by atoms with Crippen LogP contribution in [0, 0.1) is 65.1 Å². The Morgan fingerprint density at radius 2 is 1.07 bits per heavy atom. The SMILES string of the molecule is CCCCC(CC)COC1CC(/C=C/C2C(C)C(C)C(/C=C/C3CCCCC3)C(C)C2C)C(OC)CC1/C=C/C1CCCCC1. The molecule has 258 valence electrons. The summed E-state index contributed by atoms with van der Waals surface area (Å²) in [6.45, 7) is 15.7. The maximum absolute atomic E-state index is 6.92. The van der Waals surface area contributed by atoms with E-state index in [2.05, 4.69) is 78.0 Å². The van der Waals surface area contributed by atoms with Crippen LogP contribution in [0.5, 0.6) is 0 Å². The minimum atomic E-state index is 0.277. The van der Waals surface area contributed by atoms with Crippen LogP contribution in [0.25, 0.3) is 0 Å². The fourth-order valence-corrected chi connectivity index (χ4v) is 9.79. The van der Waals surface area contributed by atoms with Gasteiger partial charge in [-0.3, -0.25) is 0 Å². The Hall–Kier alpha value is -0.860. The van der Waals surface area contributed by atoms with Crippen LogP contribution in [-0.4, -0.2) is 25.9 Å². The van der Waals surface area contributed by atoms with Crippen molar-refractivity contribution in [1.82, 2.24) is 0 Å². The van der Waals surface area contributed by atoms with Crippen molar-refractivity contribution in [1.29, 1.82) is 0 Å². The summed E-state index contributed by atoms with van der Waals surface area (Å²) in [5.74, 6) is 7.35. The van der Waals surface area contributed by atoms with E-state index in [4.69, 9.17) is 9.47 Å². The Kier molecular flexibility index (Phi) is 15.8. The molecule has 0 aromatic heterocycles. The average molecular weight is 623 g/mol. The van der Waals surface area contributed by atoms with E-state index < -0.39 is 0 Å². The van der Waals surface area contributed by atoms with E-state index in [1.807, 2.05) is 7.11 Å². The molecular weight excluding hydrogens is 548 g/mol. The molecule has 0 spiro atoms. The molecule has 2 nitrogen and oxygen atoms in total. The molecule has 0 saturated heterocycles. The molecule has 4 rings (SSSR count). The lowest BCUT2D eigenvalue weighted by Gasteiger charge is -2.47. The monoisotopic (exact) mass is 623 g/mol. The van der Waals surface area contributed by atoms with Gasteiger partial charge in [0.25, 0.3) is 0 Å². The molecule has 0 aromatic rings. The van der Waals surface area contributed by atoms with Crippen molar-refractivity contribution in [3.63, 3.8) is 0 Å². The summed E-state index contributed by atoms with van der Waals surface area (Å²) in [7, 11) is 1.95. The summed E-state index contributed by atoms with van der Waals surface area (Å²) in [5.41, 5.74) is 0. The van der Waals surface area contributed by atoms with Crippen molar-refractivity contribution >= 4 is 0 Å². The van der Waals surface area contributed by atoms with E-state index >= 15 is 0 Å². The van der Waals surface area contributed by atoms with Crippen LogP contribution >= 0.6 is 0 Å². The molecule has 0 N–H and O–H groups in total. The van der Waals surface area contributed by atoms with E-state index in [1.54, 1.807) is 0 Å². The Bertz CT molecular complexity index is 876. The lowest BCUT2D eigenvalue weighted by Crippen LogP contribution is -2.42. The summed E-state index contributed by atoms with van der Waals surface area (Å²) >= 11 is 0. The van der Waals surface area contributed by atoms with Crippen LogP contribution in [0.4, 0.5) is 0 Å². The molecule has 0 aliphatic heterocycles. The number of ether oxygens (including phenoxy) is 2. The minimum Gasteiger partial charge on any atom is -0.381 e. The van der Waals surface area contributed by atoms with Crippen molar-refractivity contribution in [2.24, 2.45) is 65.1 Å². The second-order valence-corrected chi connectivity index (χ2v) is 16.4. The van der Waals surface area contributed by atoms with Gasteiger partial charge in [-0.05, 0) is 98.2 Å². The van der Waals surface area contributed by atoms with Crippen LogP contribution in [0.3, 0.4) is 0 Å². The lowest BCUT2D eigenvalue weighted by atomic mass is 9.58. The van der Waals surface area contributed by atoms with E-state index in [1.165, 1.54) is 89.9 Å². The molecule has 4 aliphatic rings. The second-order valence-electron chi connectivity index (χ2n) is 16.4. The van der Waals surface area contributed by atoms with E-state index in [-0.39, 0.29) is 6.10 Å². The van der Waals surface area contributed by atoms with Gasteiger partial charge in [0.15, 0.2) is 0 Å². The van der Waals surface area contributed by atoms with Crippen LogP contribution in [-0.2, 0) is 9.47 Å². The van der Waals surface area contributed by atoms with Gasteiger partial charge in [0.1, 0.15) is 0 Å². The van der Waals surface area contributed by atoms with Gasteiger partial charge < -0.3 is 9.47 Å². The summed E-state index contributed by atoms with van der Waals surface area (Å²) in [6, 6.07) is 0. The molecule has 0 aromatic carbocycles.